The number of nitrogens with one attached hydrogen (secondary N) is 3. The molecule has 14 heavy (non-hydrogen) atoms. The molecule has 1 fully saturated rings. The molecule has 76 valence electrons. The zero-order chi connectivity index (χ0) is 9.80. The Morgan fingerprint density at radius 1 is 1.71 bits per heavy atom. The average Bonchev–Trinajstić information content (AvgIpc) is 2.76. The zero-order valence-electron chi connectivity index (χ0n) is 7.79. The van der Waals surface area contributed by atoms with Gasteiger partial charge in [-0.05, 0) is 25.4 Å². The van der Waals surface area contributed by atoms with Crippen molar-refractivity contribution in [2.45, 2.75) is 12.8 Å². The number of rotatable bonds is 3. The van der Waals surface area contributed by atoms with Crippen LogP contribution in [0.1, 0.15) is 12.8 Å². The van der Waals surface area contributed by atoms with Gasteiger partial charge in [-0.2, -0.15) is 10.1 Å². The second kappa shape index (κ2) is 4.19. The first-order chi connectivity index (χ1) is 6.84. The Balaban J connectivity index is 1.78. The van der Waals surface area contributed by atoms with Crippen LogP contribution in [-0.2, 0) is 4.79 Å². The minimum absolute atomic E-state index is 0.00421. The van der Waals surface area contributed by atoms with Crippen molar-refractivity contribution in [2.75, 3.05) is 18.4 Å². The van der Waals surface area contributed by atoms with E-state index < -0.39 is 0 Å². The summed E-state index contributed by atoms with van der Waals surface area (Å²) in [6.07, 6.45) is 2.99. The molecule has 1 amide bonds. The van der Waals surface area contributed by atoms with Gasteiger partial charge in [-0.15, -0.1) is 0 Å². The number of carbonyl (C=O) groups is 1. The molecular formula is C8H13N5O. The molecular weight excluding hydrogens is 182 g/mol. The van der Waals surface area contributed by atoms with Crippen molar-refractivity contribution in [1.82, 2.24) is 20.5 Å². The van der Waals surface area contributed by atoms with Gasteiger partial charge in [0.2, 0.25) is 11.9 Å². The van der Waals surface area contributed by atoms with Crippen LogP contribution in [0.15, 0.2) is 6.33 Å². The zero-order valence-corrected chi connectivity index (χ0v) is 7.79. The van der Waals surface area contributed by atoms with E-state index in [0.717, 1.165) is 19.5 Å². The monoisotopic (exact) mass is 195 g/mol. The molecule has 1 aromatic rings. The Hall–Kier alpha value is -1.43. The number of hydrogen-bond acceptors (Lipinski definition) is 4. The molecule has 1 aliphatic rings. The Morgan fingerprint density at radius 2 is 2.64 bits per heavy atom. The van der Waals surface area contributed by atoms with Gasteiger partial charge in [0.25, 0.3) is 0 Å². The van der Waals surface area contributed by atoms with Crippen molar-refractivity contribution in [3.05, 3.63) is 6.33 Å². The van der Waals surface area contributed by atoms with E-state index >= 15 is 0 Å². The fraction of sp³-hybridized carbons (Fsp3) is 0.625. The lowest BCUT2D eigenvalue weighted by atomic mass is 10.1. The van der Waals surface area contributed by atoms with Gasteiger partial charge in [0, 0.05) is 6.42 Å². The van der Waals surface area contributed by atoms with Gasteiger partial charge in [0.1, 0.15) is 6.33 Å². The molecule has 1 aromatic heterocycles. The summed E-state index contributed by atoms with van der Waals surface area (Å²) in [4.78, 5) is 15.3. The van der Waals surface area contributed by atoms with Crippen molar-refractivity contribution in [3.8, 4) is 0 Å². The number of hydrogen-bond donors (Lipinski definition) is 3. The Kier molecular flexibility index (Phi) is 2.73. The van der Waals surface area contributed by atoms with Crippen LogP contribution in [-0.4, -0.2) is 34.2 Å². The molecule has 2 heterocycles. The first kappa shape index (κ1) is 9.14. The van der Waals surface area contributed by atoms with E-state index in [1.54, 1.807) is 0 Å². The quantitative estimate of drug-likeness (QED) is 0.620. The summed E-state index contributed by atoms with van der Waals surface area (Å²) in [7, 11) is 0. The Labute approximate surface area is 81.5 Å². The highest BCUT2D eigenvalue weighted by molar-refractivity contribution is 5.88. The van der Waals surface area contributed by atoms with Crippen LogP contribution in [0, 0.1) is 5.92 Å². The third-order valence-corrected chi connectivity index (χ3v) is 2.31. The van der Waals surface area contributed by atoms with Gasteiger partial charge in [0.15, 0.2) is 0 Å². The number of anilines is 1. The second-order valence-electron chi connectivity index (χ2n) is 3.45. The van der Waals surface area contributed by atoms with Gasteiger partial charge in [0.05, 0.1) is 0 Å². The van der Waals surface area contributed by atoms with Crippen LogP contribution in [0.25, 0.3) is 0 Å². The van der Waals surface area contributed by atoms with Gasteiger partial charge in [-0.1, -0.05) is 0 Å². The largest absolute Gasteiger partial charge is 0.316 e. The predicted octanol–water partition coefficient (Wildman–Crippen LogP) is -0.257. The summed E-state index contributed by atoms with van der Waals surface area (Å²) in [5, 5.41) is 12.1. The molecule has 0 radical (unpaired) electrons. The molecule has 0 aromatic carbocycles. The first-order valence-corrected chi connectivity index (χ1v) is 4.70. The number of amides is 1. The van der Waals surface area contributed by atoms with Crippen LogP contribution < -0.4 is 10.6 Å². The van der Waals surface area contributed by atoms with Gasteiger partial charge >= 0.3 is 0 Å². The maximum absolute atomic E-state index is 11.4. The molecule has 0 spiro atoms. The second-order valence-corrected chi connectivity index (χ2v) is 3.45. The van der Waals surface area contributed by atoms with Crippen LogP contribution in [0.3, 0.4) is 0 Å². The molecule has 0 unspecified atom stereocenters. The summed E-state index contributed by atoms with van der Waals surface area (Å²) >= 11 is 0. The summed E-state index contributed by atoms with van der Waals surface area (Å²) in [6, 6.07) is 0. The fourth-order valence-corrected chi connectivity index (χ4v) is 1.60. The van der Waals surface area contributed by atoms with Crippen molar-refractivity contribution < 1.29 is 4.79 Å². The van der Waals surface area contributed by atoms with Gasteiger partial charge in [-0.25, -0.2) is 5.10 Å². The normalized spacial score (nSPS) is 21.0. The molecule has 1 atom stereocenters. The highest BCUT2D eigenvalue weighted by Gasteiger charge is 2.18. The minimum Gasteiger partial charge on any atom is -0.316 e. The van der Waals surface area contributed by atoms with Crippen LogP contribution >= 0.6 is 0 Å². The van der Waals surface area contributed by atoms with Crippen LogP contribution in [0.2, 0.25) is 0 Å². The van der Waals surface area contributed by atoms with E-state index in [4.69, 9.17) is 0 Å². The molecule has 0 aliphatic carbocycles. The van der Waals surface area contributed by atoms with E-state index in [0.29, 0.717) is 18.3 Å². The maximum atomic E-state index is 11.4. The van der Waals surface area contributed by atoms with E-state index in [1.165, 1.54) is 6.33 Å². The molecule has 6 heteroatoms. The molecule has 0 bridgehead atoms. The highest BCUT2D eigenvalue weighted by Crippen LogP contribution is 2.12. The molecule has 2 rings (SSSR count). The number of aromatic amines is 1. The topological polar surface area (TPSA) is 82.7 Å². The molecule has 1 saturated heterocycles. The highest BCUT2D eigenvalue weighted by atomic mass is 16.1. The number of H-pyrrole nitrogens is 1. The van der Waals surface area contributed by atoms with E-state index in [1.807, 2.05) is 0 Å². The van der Waals surface area contributed by atoms with Crippen LogP contribution in [0.4, 0.5) is 5.95 Å². The van der Waals surface area contributed by atoms with Crippen molar-refractivity contribution in [1.29, 1.82) is 0 Å². The van der Waals surface area contributed by atoms with Crippen molar-refractivity contribution in [2.24, 2.45) is 5.92 Å². The Bertz CT molecular complexity index is 291. The molecule has 1 aliphatic heterocycles. The molecule has 6 nitrogen and oxygen atoms in total. The predicted molar refractivity (Wildman–Crippen MR) is 50.6 cm³/mol. The standard InChI is InChI=1S/C8H13N5O/c14-7(3-6-1-2-9-4-6)12-8-10-5-11-13-8/h5-6,9H,1-4H2,(H2,10,11,12,13,14)/t6-/m0/s1. The molecule has 3 N–H and O–H groups in total. The summed E-state index contributed by atoms with van der Waals surface area (Å²) in [6.45, 7) is 1.95. The van der Waals surface area contributed by atoms with Crippen molar-refractivity contribution in [3.63, 3.8) is 0 Å². The van der Waals surface area contributed by atoms with E-state index in [9.17, 15) is 4.79 Å². The van der Waals surface area contributed by atoms with Gasteiger partial charge in [-0.3, -0.25) is 10.1 Å². The lowest BCUT2D eigenvalue weighted by Gasteiger charge is -2.06. The summed E-state index contributed by atoms with van der Waals surface area (Å²) in [5.74, 6) is 0.870. The third-order valence-electron chi connectivity index (χ3n) is 2.31. The van der Waals surface area contributed by atoms with E-state index in [2.05, 4.69) is 25.8 Å². The first-order valence-electron chi connectivity index (χ1n) is 4.70. The minimum atomic E-state index is -0.00421. The lowest BCUT2D eigenvalue weighted by Crippen LogP contribution is -2.18. The van der Waals surface area contributed by atoms with Crippen LogP contribution in [0.5, 0.6) is 0 Å². The van der Waals surface area contributed by atoms with Crippen molar-refractivity contribution >= 4 is 11.9 Å². The SMILES string of the molecule is O=C(C[C@@H]1CCNC1)Nc1ncn[nH]1. The lowest BCUT2D eigenvalue weighted by molar-refractivity contribution is -0.117. The average molecular weight is 195 g/mol. The third kappa shape index (κ3) is 2.29. The number of carbonyl (C=O) groups excluding carboxylic acids is 1. The summed E-state index contributed by atoms with van der Waals surface area (Å²) in [5.41, 5.74) is 0. The summed E-state index contributed by atoms with van der Waals surface area (Å²) < 4.78 is 0. The van der Waals surface area contributed by atoms with Gasteiger partial charge < -0.3 is 5.32 Å². The smallest absolute Gasteiger partial charge is 0.227 e. The number of nitrogens with zero attached hydrogens (tertiary/aromatic N) is 2. The molecule has 0 saturated carbocycles. The fourth-order valence-electron chi connectivity index (χ4n) is 1.60. The Morgan fingerprint density at radius 3 is 3.29 bits per heavy atom. The maximum Gasteiger partial charge on any atom is 0.227 e. The van der Waals surface area contributed by atoms with E-state index in [-0.39, 0.29) is 5.91 Å². The number of aromatic nitrogens is 3.